The van der Waals surface area contributed by atoms with E-state index in [2.05, 4.69) is 36.3 Å². The minimum atomic E-state index is 0.502. The minimum absolute atomic E-state index is 0.502. The van der Waals surface area contributed by atoms with Crippen LogP contribution in [0.1, 0.15) is 38.6 Å². The Kier molecular flexibility index (Phi) is 4.15. The average molecular weight is 199 g/mol. The van der Waals surface area contributed by atoms with Crippen molar-refractivity contribution in [2.24, 2.45) is 0 Å². The number of nitrogens with one attached hydrogen (secondary N) is 1. The van der Waals surface area contributed by atoms with Crippen LogP contribution in [-0.2, 0) is 6.42 Å². The van der Waals surface area contributed by atoms with Gasteiger partial charge >= 0.3 is 0 Å². The van der Waals surface area contributed by atoms with Crippen LogP contribution in [0, 0.1) is 0 Å². The summed E-state index contributed by atoms with van der Waals surface area (Å²) >= 11 is 1.65. The van der Waals surface area contributed by atoms with Crippen molar-refractivity contribution in [3.8, 4) is 0 Å². The highest BCUT2D eigenvalue weighted by Gasteiger charge is 2.05. The molecule has 1 N–H and O–H groups in total. The van der Waals surface area contributed by atoms with Gasteiger partial charge in [0.15, 0.2) is 0 Å². The molecule has 0 spiro atoms. The highest BCUT2D eigenvalue weighted by atomic mass is 32.1. The fourth-order valence-electron chi connectivity index (χ4n) is 1.17. The molecule has 1 aromatic heterocycles. The molecule has 1 rings (SSSR count). The third kappa shape index (κ3) is 3.30. The summed E-state index contributed by atoms with van der Waals surface area (Å²) < 4.78 is 0. The van der Waals surface area contributed by atoms with Crippen LogP contribution >= 0.6 is 11.3 Å². The van der Waals surface area contributed by atoms with Gasteiger partial charge in [-0.15, -0.1) is 10.2 Å². The predicted octanol–water partition coefficient (Wildman–Crippen LogP) is 2.70. The fraction of sp³-hybridized carbons (Fsp3) is 0.778. The van der Waals surface area contributed by atoms with Crippen LogP contribution in [0.3, 0.4) is 0 Å². The molecule has 3 nitrogen and oxygen atoms in total. The van der Waals surface area contributed by atoms with Gasteiger partial charge in [-0.2, -0.15) is 0 Å². The van der Waals surface area contributed by atoms with Crippen molar-refractivity contribution >= 4 is 16.5 Å². The number of aromatic nitrogens is 2. The Bertz CT molecular complexity index is 247. The maximum absolute atomic E-state index is 4.07. The molecular formula is C9H17N3S. The molecular weight excluding hydrogens is 182 g/mol. The van der Waals surface area contributed by atoms with E-state index < -0.39 is 0 Å². The SMILES string of the molecule is CCCC(C)Nc1nnc(CC)s1. The van der Waals surface area contributed by atoms with E-state index in [1.807, 2.05) is 0 Å². The smallest absolute Gasteiger partial charge is 0.205 e. The first-order chi connectivity index (χ1) is 6.26. The highest BCUT2D eigenvalue weighted by molar-refractivity contribution is 7.15. The van der Waals surface area contributed by atoms with E-state index in [9.17, 15) is 0 Å². The molecule has 0 aliphatic carbocycles. The summed E-state index contributed by atoms with van der Waals surface area (Å²) in [4.78, 5) is 0. The Hall–Kier alpha value is -0.640. The number of aryl methyl sites for hydroxylation is 1. The van der Waals surface area contributed by atoms with E-state index in [1.165, 1.54) is 12.8 Å². The van der Waals surface area contributed by atoms with Gasteiger partial charge in [-0.1, -0.05) is 31.6 Å². The van der Waals surface area contributed by atoms with E-state index in [0.717, 1.165) is 16.6 Å². The van der Waals surface area contributed by atoms with Crippen LogP contribution in [0.2, 0.25) is 0 Å². The van der Waals surface area contributed by atoms with Gasteiger partial charge in [0.25, 0.3) is 0 Å². The van der Waals surface area contributed by atoms with Gasteiger partial charge in [-0.25, -0.2) is 0 Å². The standard InChI is InChI=1S/C9H17N3S/c1-4-6-7(3)10-9-12-11-8(5-2)13-9/h7H,4-6H2,1-3H3,(H,10,12). The molecule has 74 valence electrons. The molecule has 0 aliphatic rings. The zero-order valence-corrected chi connectivity index (χ0v) is 9.32. The predicted molar refractivity (Wildman–Crippen MR) is 57.3 cm³/mol. The molecule has 1 heterocycles. The Morgan fingerprint density at radius 2 is 2.15 bits per heavy atom. The lowest BCUT2D eigenvalue weighted by molar-refractivity contribution is 0.688. The molecule has 1 aromatic rings. The zero-order chi connectivity index (χ0) is 9.68. The third-order valence-electron chi connectivity index (χ3n) is 1.86. The Labute approximate surface area is 83.6 Å². The van der Waals surface area contributed by atoms with Crippen molar-refractivity contribution in [2.75, 3.05) is 5.32 Å². The molecule has 0 aromatic carbocycles. The van der Waals surface area contributed by atoms with Gasteiger partial charge in [0.2, 0.25) is 5.13 Å². The zero-order valence-electron chi connectivity index (χ0n) is 8.50. The Morgan fingerprint density at radius 1 is 1.38 bits per heavy atom. The van der Waals surface area contributed by atoms with E-state index >= 15 is 0 Å². The third-order valence-corrected chi connectivity index (χ3v) is 2.86. The maximum Gasteiger partial charge on any atom is 0.205 e. The van der Waals surface area contributed by atoms with Gasteiger partial charge < -0.3 is 5.32 Å². The minimum Gasteiger partial charge on any atom is -0.358 e. The molecule has 0 saturated carbocycles. The van der Waals surface area contributed by atoms with Crippen LogP contribution in [0.15, 0.2) is 0 Å². The lowest BCUT2D eigenvalue weighted by atomic mass is 10.2. The van der Waals surface area contributed by atoms with Crippen molar-refractivity contribution in [3.05, 3.63) is 5.01 Å². The van der Waals surface area contributed by atoms with E-state index in [4.69, 9.17) is 0 Å². The highest BCUT2D eigenvalue weighted by Crippen LogP contribution is 2.17. The summed E-state index contributed by atoms with van der Waals surface area (Å²) in [7, 11) is 0. The summed E-state index contributed by atoms with van der Waals surface area (Å²) in [6, 6.07) is 0.502. The Balaban J connectivity index is 2.44. The molecule has 0 radical (unpaired) electrons. The summed E-state index contributed by atoms with van der Waals surface area (Å²) in [6.45, 7) is 6.46. The van der Waals surface area contributed by atoms with Crippen molar-refractivity contribution in [1.29, 1.82) is 0 Å². The normalized spacial score (nSPS) is 12.8. The largest absolute Gasteiger partial charge is 0.358 e. The van der Waals surface area contributed by atoms with Crippen LogP contribution in [-0.4, -0.2) is 16.2 Å². The van der Waals surface area contributed by atoms with Gasteiger partial charge in [0, 0.05) is 6.04 Å². The summed E-state index contributed by atoms with van der Waals surface area (Å²) in [5.74, 6) is 0. The van der Waals surface area contributed by atoms with E-state index in [1.54, 1.807) is 11.3 Å². The van der Waals surface area contributed by atoms with E-state index in [-0.39, 0.29) is 0 Å². The number of hydrogen-bond donors (Lipinski definition) is 1. The van der Waals surface area contributed by atoms with Crippen LogP contribution in [0.25, 0.3) is 0 Å². The second kappa shape index (κ2) is 5.17. The molecule has 0 aliphatic heterocycles. The maximum atomic E-state index is 4.07. The summed E-state index contributed by atoms with van der Waals surface area (Å²) in [5.41, 5.74) is 0. The van der Waals surface area contributed by atoms with Gasteiger partial charge in [-0.05, 0) is 19.8 Å². The first-order valence-corrected chi connectivity index (χ1v) is 5.66. The van der Waals surface area contributed by atoms with E-state index in [0.29, 0.717) is 6.04 Å². The topological polar surface area (TPSA) is 37.8 Å². The molecule has 4 heteroatoms. The molecule has 13 heavy (non-hydrogen) atoms. The number of anilines is 1. The molecule has 1 unspecified atom stereocenters. The van der Waals surface area contributed by atoms with Gasteiger partial charge in [-0.3, -0.25) is 0 Å². The van der Waals surface area contributed by atoms with Crippen molar-refractivity contribution < 1.29 is 0 Å². The molecule has 0 fully saturated rings. The monoisotopic (exact) mass is 199 g/mol. The van der Waals surface area contributed by atoms with Crippen molar-refractivity contribution in [3.63, 3.8) is 0 Å². The van der Waals surface area contributed by atoms with Crippen LogP contribution < -0.4 is 5.32 Å². The second-order valence-electron chi connectivity index (χ2n) is 3.19. The van der Waals surface area contributed by atoms with Crippen molar-refractivity contribution in [2.45, 2.75) is 46.1 Å². The van der Waals surface area contributed by atoms with Crippen LogP contribution in [0.4, 0.5) is 5.13 Å². The number of hydrogen-bond acceptors (Lipinski definition) is 4. The Morgan fingerprint density at radius 3 is 2.69 bits per heavy atom. The summed E-state index contributed by atoms with van der Waals surface area (Å²) in [6.07, 6.45) is 3.36. The number of nitrogens with zero attached hydrogens (tertiary/aromatic N) is 2. The average Bonchev–Trinajstić information content (AvgIpc) is 2.52. The van der Waals surface area contributed by atoms with Crippen molar-refractivity contribution in [1.82, 2.24) is 10.2 Å². The number of rotatable bonds is 5. The van der Waals surface area contributed by atoms with Gasteiger partial charge in [0.1, 0.15) is 5.01 Å². The molecule has 0 saturated heterocycles. The quantitative estimate of drug-likeness (QED) is 0.792. The lowest BCUT2D eigenvalue weighted by Gasteiger charge is -2.09. The first kappa shape index (κ1) is 10.4. The van der Waals surface area contributed by atoms with Crippen LogP contribution in [0.5, 0.6) is 0 Å². The molecule has 0 bridgehead atoms. The lowest BCUT2D eigenvalue weighted by Crippen LogP contribution is -2.14. The fourth-order valence-corrected chi connectivity index (χ4v) is 1.96. The first-order valence-electron chi connectivity index (χ1n) is 4.85. The second-order valence-corrected chi connectivity index (χ2v) is 4.25. The molecule has 0 amide bonds. The summed E-state index contributed by atoms with van der Waals surface area (Å²) in [5, 5.41) is 13.5. The van der Waals surface area contributed by atoms with Gasteiger partial charge in [0.05, 0.1) is 0 Å². The molecule has 1 atom stereocenters.